The van der Waals surface area contributed by atoms with Crippen molar-refractivity contribution in [3.8, 4) is 0 Å². The Balaban J connectivity index is 0. The van der Waals surface area contributed by atoms with Gasteiger partial charge in [-0.15, -0.1) is 0 Å². The van der Waals surface area contributed by atoms with E-state index in [0.717, 1.165) is 19.6 Å². The van der Waals surface area contributed by atoms with Crippen LogP contribution in [0, 0.1) is 0 Å². The van der Waals surface area contributed by atoms with Gasteiger partial charge >= 0.3 is 0 Å². The standard InChI is InChI=1S/C8H17NO2.2C2H6/c1-9-5-8(11-3)4-7(9)6-10-2;2*1-2/h7-8H,4-6H2,1-3H3;2*1-2H3. The van der Waals surface area contributed by atoms with Crippen LogP contribution in [0.25, 0.3) is 0 Å². The summed E-state index contributed by atoms with van der Waals surface area (Å²) in [6, 6.07) is 0.546. The molecule has 0 radical (unpaired) electrons. The molecule has 94 valence electrons. The quantitative estimate of drug-likeness (QED) is 0.727. The first-order valence-electron chi connectivity index (χ1n) is 6.00. The highest BCUT2D eigenvalue weighted by molar-refractivity contribution is 4.83. The van der Waals surface area contributed by atoms with Crippen molar-refractivity contribution in [3.05, 3.63) is 0 Å². The fourth-order valence-electron chi connectivity index (χ4n) is 1.59. The van der Waals surface area contributed by atoms with Gasteiger partial charge in [0.25, 0.3) is 0 Å². The highest BCUT2D eigenvalue weighted by Crippen LogP contribution is 2.17. The summed E-state index contributed by atoms with van der Waals surface area (Å²) >= 11 is 0. The molecule has 0 saturated carbocycles. The molecule has 15 heavy (non-hydrogen) atoms. The number of likely N-dealkylation sites (N-methyl/N-ethyl adjacent to an activating group) is 1. The summed E-state index contributed by atoms with van der Waals surface area (Å²) in [4.78, 5) is 2.29. The second kappa shape index (κ2) is 12.0. The zero-order valence-electron chi connectivity index (χ0n) is 11.5. The van der Waals surface area contributed by atoms with Crippen LogP contribution >= 0.6 is 0 Å². The first-order chi connectivity index (χ1) is 7.27. The maximum absolute atomic E-state index is 5.26. The van der Waals surface area contributed by atoms with E-state index in [0.29, 0.717) is 12.1 Å². The molecule has 1 heterocycles. The summed E-state index contributed by atoms with van der Waals surface area (Å²) < 4.78 is 10.4. The van der Waals surface area contributed by atoms with Crippen molar-refractivity contribution in [3.63, 3.8) is 0 Å². The predicted molar refractivity (Wildman–Crippen MR) is 66.4 cm³/mol. The molecule has 1 aliphatic rings. The first-order valence-corrected chi connectivity index (χ1v) is 6.00. The molecule has 0 aromatic rings. The van der Waals surface area contributed by atoms with Crippen LogP contribution in [-0.2, 0) is 9.47 Å². The molecule has 2 atom stereocenters. The zero-order valence-corrected chi connectivity index (χ0v) is 11.5. The van der Waals surface area contributed by atoms with Gasteiger partial charge in [0.05, 0.1) is 12.7 Å². The van der Waals surface area contributed by atoms with Crippen LogP contribution in [0.3, 0.4) is 0 Å². The van der Waals surface area contributed by atoms with Crippen LogP contribution < -0.4 is 0 Å². The van der Waals surface area contributed by atoms with E-state index in [-0.39, 0.29) is 0 Å². The number of hydrogen-bond acceptors (Lipinski definition) is 3. The van der Waals surface area contributed by atoms with E-state index in [9.17, 15) is 0 Å². The van der Waals surface area contributed by atoms with Gasteiger partial charge in [0.2, 0.25) is 0 Å². The number of methoxy groups -OCH3 is 2. The molecule has 0 N–H and O–H groups in total. The van der Waals surface area contributed by atoms with Crippen LogP contribution in [0.2, 0.25) is 0 Å². The average Bonchev–Trinajstić information content (AvgIpc) is 2.66. The summed E-state index contributed by atoms with van der Waals surface area (Å²) in [5.41, 5.74) is 0. The fourth-order valence-corrected chi connectivity index (χ4v) is 1.59. The van der Waals surface area contributed by atoms with Crippen molar-refractivity contribution < 1.29 is 9.47 Å². The SMILES string of the molecule is CC.CC.COCC1CC(OC)CN1C. The topological polar surface area (TPSA) is 21.7 Å². The van der Waals surface area contributed by atoms with E-state index in [2.05, 4.69) is 11.9 Å². The monoisotopic (exact) mass is 219 g/mol. The van der Waals surface area contributed by atoms with Gasteiger partial charge in [0.15, 0.2) is 0 Å². The molecule has 1 aliphatic heterocycles. The summed E-state index contributed by atoms with van der Waals surface area (Å²) in [6.45, 7) is 9.85. The van der Waals surface area contributed by atoms with Crippen molar-refractivity contribution in [2.75, 3.05) is 34.4 Å². The molecule has 0 amide bonds. The Bertz CT molecular complexity index is 120. The van der Waals surface area contributed by atoms with Gasteiger partial charge in [-0.25, -0.2) is 0 Å². The van der Waals surface area contributed by atoms with E-state index < -0.39 is 0 Å². The van der Waals surface area contributed by atoms with Gasteiger partial charge < -0.3 is 9.47 Å². The predicted octanol–water partition coefficient (Wildman–Crippen LogP) is 2.40. The number of rotatable bonds is 3. The second-order valence-corrected chi connectivity index (χ2v) is 3.14. The van der Waals surface area contributed by atoms with Crippen molar-refractivity contribution in [2.24, 2.45) is 0 Å². The summed E-state index contributed by atoms with van der Waals surface area (Å²) in [5, 5.41) is 0. The van der Waals surface area contributed by atoms with E-state index in [4.69, 9.17) is 9.47 Å². The highest BCUT2D eigenvalue weighted by atomic mass is 16.5. The smallest absolute Gasteiger partial charge is 0.0714 e. The molecule has 1 fully saturated rings. The normalized spacial score (nSPS) is 25.0. The largest absolute Gasteiger partial charge is 0.383 e. The Hall–Kier alpha value is -0.120. The molecular weight excluding hydrogens is 190 g/mol. The van der Waals surface area contributed by atoms with E-state index >= 15 is 0 Å². The van der Waals surface area contributed by atoms with E-state index in [1.54, 1.807) is 14.2 Å². The molecule has 0 aromatic heterocycles. The molecule has 0 aliphatic carbocycles. The molecule has 0 aromatic carbocycles. The Morgan fingerprint density at radius 3 is 2.00 bits per heavy atom. The Labute approximate surface area is 95.7 Å². The number of likely N-dealkylation sites (tertiary alicyclic amines) is 1. The first kappa shape index (κ1) is 17.3. The number of nitrogens with zero attached hydrogens (tertiary/aromatic N) is 1. The molecular formula is C12H29NO2. The third-order valence-corrected chi connectivity index (χ3v) is 2.34. The fraction of sp³-hybridized carbons (Fsp3) is 1.00. The van der Waals surface area contributed by atoms with Gasteiger partial charge in [-0.2, -0.15) is 0 Å². The Morgan fingerprint density at radius 2 is 1.67 bits per heavy atom. The molecule has 3 heteroatoms. The molecule has 0 bridgehead atoms. The maximum Gasteiger partial charge on any atom is 0.0714 e. The number of hydrogen-bond donors (Lipinski definition) is 0. The minimum atomic E-state index is 0.403. The lowest BCUT2D eigenvalue weighted by Gasteiger charge is -2.16. The van der Waals surface area contributed by atoms with E-state index in [1.165, 1.54) is 0 Å². The third-order valence-electron chi connectivity index (χ3n) is 2.34. The van der Waals surface area contributed by atoms with Gasteiger partial charge in [-0.1, -0.05) is 27.7 Å². The summed E-state index contributed by atoms with van der Waals surface area (Å²) in [5.74, 6) is 0. The van der Waals surface area contributed by atoms with Crippen LogP contribution in [0.4, 0.5) is 0 Å². The number of ether oxygens (including phenoxy) is 2. The molecule has 1 rings (SSSR count). The van der Waals surface area contributed by atoms with Gasteiger partial charge in [-0.05, 0) is 13.5 Å². The highest BCUT2D eigenvalue weighted by Gasteiger charge is 2.28. The van der Waals surface area contributed by atoms with Crippen molar-refractivity contribution in [1.82, 2.24) is 4.90 Å². The van der Waals surface area contributed by atoms with Gasteiger partial charge in [0, 0.05) is 26.8 Å². The zero-order chi connectivity index (χ0) is 12.3. The molecule has 2 unspecified atom stereocenters. The van der Waals surface area contributed by atoms with Crippen LogP contribution in [-0.4, -0.2) is 51.5 Å². The lowest BCUT2D eigenvalue weighted by atomic mass is 10.2. The summed E-state index contributed by atoms with van der Waals surface area (Å²) in [6.07, 6.45) is 1.50. The van der Waals surface area contributed by atoms with E-state index in [1.807, 2.05) is 27.7 Å². The van der Waals surface area contributed by atoms with Crippen molar-refractivity contribution >= 4 is 0 Å². The Kier molecular flexibility index (Phi) is 13.8. The second-order valence-electron chi connectivity index (χ2n) is 3.14. The average molecular weight is 219 g/mol. The molecule has 3 nitrogen and oxygen atoms in total. The lowest BCUT2D eigenvalue weighted by molar-refractivity contribution is 0.110. The minimum Gasteiger partial charge on any atom is -0.383 e. The Morgan fingerprint density at radius 1 is 1.13 bits per heavy atom. The minimum absolute atomic E-state index is 0.403. The van der Waals surface area contributed by atoms with Crippen LogP contribution in [0.1, 0.15) is 34.1 Å². The van der Waals surface area contributed by atoms with Gasteiger partial charge in [-0.3, -0.25) is 4.90 Å². The van der Waals surface area contributed by atoms with Crippen molar-refractivity contribution in [2.45, 2.75) is 46.3 Å². The third kappa shape index (κ3) is 6.88. The molecule has 0 spiro atoms. The van der Waals surface area contributed by atoms with Crippen LogP contribution in [0.5, 0.6) is 0 Å². The van der Waals surface area contributed by atoms with Crippen molar-refractivity contribution in [1.29, 1.82) is 0 Å². The maximum atomic E-state index is 5.26. The van der Waals surface area contributed by atoms with Gasteiger partial charge in [0.1, 0.15) is 0 Å². The lowest BCUT2D eigenvalue weighted by Crippen LogP contribution is -2.28. The molecule has 1 saturated heterocycles. The summed E-state index contributed by atoms with van der Waals surface area (Å²) in [7, 11) is 5.63. The van der Waals surface area contributed by atoms with Crippen LogP contribution in [0.15, 0.2) is 0 Å².